The van der Waals surface area contributed by atoms with Gasteiger partial charge in [0, 0.05) is 17.1 Å². The summed E-state index contributed by atoms with van der Waals surface area (Å²) < 4.78 is 6.37. The third-order valence-corrected chi connectivity index (χ3v) is 6.37. The number of ketones is 1. The van der Waals surface area contributed by atoms with Crippen LogP contribution in [-0.4, -0.2) is 5.78 Å². The predicted octanol–water partition coefficient (Wildman–Crippen LogP) is 7.04. The van der Waals surface area contributed by atoms with Crippen LogP contribution in [0.1, 0.15) is 57.0 Å². The standard InChI is InChI=1S/C30H23NO2/c1-19(32)25-20(2)33-30-28(23-16-10-5-11-17-23)26(21-12-6-3-7-13-21)24(18-31)27(29(25)30)22-14-8-4-9-15-22/h3-17,24,27H,1-2H3. The molecule has 1 aromatic heterocycles. The first kappa shape index (κ1) is 20.7. The molecular formula is C30H23NO2. The van der Waals surface area contributed by atoms with Crippen LogP contribution in [0.4, 0.5) is 0 Å². The second kappa shape index (κ2) is 8.41. The molecule has 4 aromatic rings. The Labute approximate surface area is 193 Å². The molecule has 2 unspecified atom stereocenters. The fraction of sp³-hybridized carbons (Fsp3) is 0.133. The zero-order valence-corrected chi connectivity index (χ0v) is 18.6. The summed E-state index contributed by atoms with van der Waals surface area (Å²) in [6.45, 7) is 3.41. The van der Waals surface area contributed by atoms with Crippen LogP contribution in [0.25, 0.3) is 11.1 Å². The van der Waals surface area contributed by atoms with E-state index >= 15 is 0 Å². The summed E-state index contributed by atoms with van der Waals surface area (Å²) >= 11 is 0. The number of hydrogen-bond acceptors (Lipinski definition) is 3. The van der Waals surface area contributed by atoms with Crippen LogP contribution in [0, 0.1) is 24.2 Å². The van der Waals surface area contributed by atoms with Crippen LogP contribution < -0.4 is 0 Å². The minimum absolute atomic E-state index is 0.0503. The van der Waals surface area contributed by atoms with Gasteiger partial charge >= 0.3 is 0 Å². The van der Waals surface area contributed by atoms with Gasteiger partial charge in [-0.1, -0.05) is 91.0 Å². The van der Waals surface area contributed by atoms with Crippen molar-refractivity contribution in [2.75, 3.05) is 0 Å². The number of carbonyl (C=O) groups excluding carboxylic acids is 1. The number of Topliss-reactive ketones (excluding diaryl/α,β-unsaturated/α-hetero) is 1. The number of fused-ring (bicyclic) bond motifs is 1. The molecule has 160 valence electrons. The lowest BCUT2D eigenvalue weighted by atomic mass is 9.67. The van der Waals surface area contributed by atoms with E-state index in [-0.39, 0.29) is 11.7 Å². The van der Waals surface area contributed by atoms with E-state index < -0.39 is 5.92 Å². The summed E-state index contributed by atoms with van der Waals surface area (Å²) in [5.74, 6) is 0.416. The van der Waals surface area contributed by atoms with E-state index in [1.54, 1.807) is 6.92 Å². The molecule has 0 spiro atoms. The van der Waals surface area contributed by atoms with Crippen molar-refractivity contribution in [3.63, 3.8) is 0 Å². The van der Waals surface area contributed by atoms with Crippen molar-refractivity contribution in [2.24, 2.45) is 5.92 Å². The molecule has 0 radical (unpaired) electrons. The van der Waals surface area contributed by atoms with E-state index in [0.29, 0.717) is 17.1 Å². The molecule has 3 nitrogen and oxygen atoms in total. The molecule has 5 rings (SSSR count). The second-order valence-electron chi connectivity index (χ2n) is 8.35. The van der Waals surface area contributed by atoms with Crippen molar-refractivity contribution in [3.05, 3.63) is 130 Å². The Morgan fingerprint density at radius 1 is 0.848 bits per heavy atom. The van der Waals surface area contributed by atoms with Crippen LogP contribution in [0.2, 0.25) is 0 Å². The van der Waals surface area contributed by atoms with E-state index in [1.165, 1.54) is 0 Å². The lowest BCUT2D eigenvalue weighted by Crippen LogP contribution is -2.23. The van der Waals surface area contributed by atoms with Gasteiger partial charge in [0.1, 0.15) is 11.5 Å². The SMILES string of the molecule is CC(=O)c1c(C)oc2c1C(c1ccccc1)C(C#N)C(c1ccccc1)=C2c1ccccc1. The average Bonchev–Trinajstić information content (AvgIpc) is 3.20. The molecule has 0 aliphatic heterocycles. The molecule has 0 saturated heterocycles. The van der Waals surface area contributed by atoms with Gasteiger partial charge in [0.05, 0.1) is 17.6 Å². The van der Waals surface area contributed by atoms with Crippen LogP contribution >= 0.6 is 0 Å². The smallest absolute Gasteiger partial charge is 0.163 e. The maximum absolute atomic E-state index is 12.8. The number of carbonyl (C=O) groups is 1. The average molecular weight is 430 g/mol. The molecule has 1 heterocycles. The summed E-state index contributed by atoms with van der Waals surface area (Å²) in [4.78, 5) is 12.8. The molecule has 3 heteroatoms. The fourth-order valence-corrected chi connectivity index (χ4v) is 5.09. The van der Waals surface area contributed by atoms with E-state index in [2.05, 4.69) is 6.07 Å². The predicted molar refractivity (Wildman–Crippen MR) is 130 cm³/mol. The quantitative estimate of drug-likeness (QED) is 0.327. The summed E-state index contributed by atoms with van der Waals surface area (Å²) in [7, 11) is 0. The highest BCUT2D eigenvalue weighted by Crippen LogP contribution is 2.53. The van der Waals surface area contributed by atoms with Gasteiger partial charge in [0.15, 0.2) is 5.78 Å². The Balaban J connectivity index is 1.95. The zero-order valence-electron chi connectivity index (χ0n) is 18.6. The number of benzene rings is 3. The molecule has 3 aromatic carbocycles. The first-order valence-corrected chi connectivity index (χ1v) is 11.1. The van der Waals surface area contributed by atoms with Crippen LogP contribution in [0.15, 0.2) is 95.4 Å². The second-order valence-corrected chi connectivity index (χ2v) is 8.35. The van der Waals surface area contributed by atoms with E-state index in [1.807, 2.05) is 97.9 Å². The number of hydrogen-bond donors (Lipinski definition) is 0. The Kier molecular flexibility index (Phi) is 5.28. The number of aryl methyl sites for hydroxylation is 1. The van der Waals surface area contributed by atoms with Crippen LogP contribution in [0.5, 0.6) is 0 Å². The fourth-order valence-electron chi connectivity index (χ4n) is 5.09. The maximum atomic E-state index is 12.8. The van der Waals surface area contributed by atoms with Gasteiger partial charge in [-0.15, -0.1) is 0 Å². The molecule has 0 amide bonds. The van der Waals surface area contributed by atoms with Gasteiger partial charge in [-0.05, 0) is 36.1 Å². The molecule has 0 bridgehead atoms. The van der Waals surface area contributed by atoms with Crippen molar-refractivity contribution in [1.82, 2.24) is 0 Å². The normalized spacial score (nSPS) is 17.4. The maximum Gasteiger partial charge on any atom is 0.163 e. The van der Waals surface area contributed by atoms with Gasteiger partial charge in [0.25, 0.3) is 0 Å². The minimum Gasteiger partial charge on any atom is -0.460 e. The van der Waals surface area contributed by atoms with Crippen molar-refractivity contribution < 1.29 is 9.21 Å². The van der Waals surface area contributed by atoms with Crippen LogP contribution in [0.3, 0.4) is 0 Å². The Morgan fingerprint density at radius 2 is 1.39 bits per heavy atom. The highest BCUT2D eigenvalue weighted by atomic mass is 16.3. The first-order chi connectivity index (χ1) is 16.1. The lowest BCUT2D eigenvalue weighted by molar-refractivity contribution is 0.101. The largest absolute Gasteiger partial charge is 0.460 e. The van der Waals surface area contributed by atoms with Gasteiger partial charge in [-0.25, -0.2) is 0 Å². The van der Waals surface area contributed by atoms with E-state index in [4.69, 9.17) is 4.42 Å². The van der Waals surface area contributed by atoms with Crippen molar-refractivity contribution in [2.45, 2.75) is 19.8 Å². The topological polar surface area (TPSA) is 54.0 Å². The van der Waals surface area contributed by atoms with Gasteiger partial charge in [-0.3, -0.25) is 4.79 Å². The minimum atomic E-state index is -0.493. The number of nitrogens with zero attached hydrogens (tertiary/aromatic N) is 1. The molecule has 1 aliphatic carbocycles. The third kappa shape index (κ3) is 3.41. The third-order valence-electron chi connectivity index (χ3n) is 6.37. The molecular weight excluding hydrogens is 406 g/mol. The highest BCUT2D eigenvalue weighted by molar-refractivity contribution is 6.06. The summed E-state index contributed by atoms with van der Waals surface area (Å²) in [6.07, 6.45) is 0. The summed E-state index contributed by atoms with van der Waals surface area (Å²) in [5, 5.41) is 10.6. The van der Waals surface area contributed by atoms with E-state index in [0.717, 1.165) is 33.4 Å². The van der Waals surface area contributed by atoms with Crippen molar-refractivity contribution in [1.29, 1.82) is 5.26 Å². The number of furan rings is 1. The van der Waals surface area contributed by atoms with E-state index in [9.17, 15) is 10.1 Å². The van der Waals surface area contributed by atoms with Crippen molar-refractivity contribution >= 4 is 16.9 Å². The molecule has 0 fully saturated rings. The molecule has 0 N–H and O–H groups in total. The lowest BCUT2D eigenvalue weighted by Gasteiger charge is -2.32. The first-order valence-electron chi connectivity index (χ1n) is 11.1. The zero-order chi connectivity index (χ0) is 22.9. The van der Waals surface area contributed by atoms with Gasteiger partial charge in [0.2, 0.25) is 0 Å². The van der Waals surface area contributed by atoms with Gasteiger partial charge in [-0.2, -0.15) is 5.26 Å². The Bertz CT molecular complexity index is 1390. The van der Waals surface area contributed by atoms with Crippen LogP contribution in [-0.2, 0) is 0 Å². The Morgan fingerprint density at radius 3 is 1.94 bits per heavy atom. The molecule has 33 heavy (non-hydrogen) atoms. The summed E-state index contributed by atoms with van der Waals surface area (Å²) in [5.41, 5.74) is 6.15. The molecule has 1 aliphatic rings. The number of nitriles is 1. The Hall–Kier alpha value is -4.16. The van der Waals surface area contributed by atoms with Crippen molar-refractivity contribution in [3.8, 4) is 6.07 Å². The number of allylic oxidation sites excluding steroid dienone is 1. The molecule has 0 saturated carbocycles. The number of rotatable bonds is 4. The monoisotopic (exact) mass is 429 g/mol. The van der Waals surface area contributed by atoms with Gasteiger partial charge < -0.3 is 4.42 Å². The summed E-state index contributed by atoms with van der Waals surface area (Å²) in [6, 6.07) is 32.6. The highest BCUT2D eigenvalue weighted by Gasteiger charge is 2.43. The molecule has 2 atom stereocenters.